The summed E-state index contributed by atoms with van der Waals surface area (Å²) in [5.41, 5.74) is 0. The third-order valence-electron chi connectivity index (χ3n) is 3.69. The quantitative estimate of drug-likeness (QED) is 0.498. The van der Waals surface area contributed by atoms with Crippen LogP contribution >= 0.6 is 0 Å². The summed E-state index contributed by atoms with van der Waals surface area (Å²) in [6.07, 6.45) is 0. The van der Waals surface area contributed by atoms with Crippen molar-refractivity contribution in [2.45, 2.75) is 19.6 Å². The first-order valence-corrected chi connectivity index (χ1v) is 12.1. The molecular formula is C18H15KO7S3. The van der Waals surface area contributed by atoms with Crippen LogP contribution < -0.4 is 0 Å². The molecule has 7 nitrogen and oxygen atoms in total. The van der Waals surface area contributed by atoms with Gasteiger partial charge < -0.3 is 0 Å². The van der Waals surface area contributed by atoms with Crippen LogP contribution in [0.25, 0.3) is 0 Å². The van der Waals surface area contributed by atoms with Gasteiger partial charge in [0, 0.05) is 0 Å². The standard InChI is InChI=1S/C18H14O7S3.K.H/c19-26(20,15-7-3-1-4-8-15)16-11-13-18(14-12-16)28(23,24)25-27(21,22)17-9-5-2-6-10-17;;/h1-14H;;. The van der Waals surface area contributed by atoms with Crippen LogP contribution in [-0.4, -0.2) is 76.6 Å². The fourth-order valence-electron chi connectivity index (χ4n) is 2.30. The van der Waals surface area contributed by atoms with Crippen LogP contribution in [-0.2, 0) is 33.7 Å². The van der Waals surface area contributed by atoms with Crippen LogP contribution in [0.2, 0.25) is 0 Å². The molecule has 0 saturated carbocycles. The SMILES string of the molecule is O=S(=O)(OS(=O)(=O)c1ccc(S(=O)(=O)c2ccccc2)cc1)c1ccccc1.[KH]. The Morgan fingerprint density at radius 3 is 1.21 bits per heavy atom. The molecule has 0 aliphatic carbocycles. The third-order valence-corrected chi connectivity index (χ3v) is 8.61. The molecule has 0 aliphatic rings. The van der Waals surface area contributed by atoms with Crippen molar-refractivity contribution >= 4 is 81.5 Å². The van der Waals surface area contributed by atoms with Crippen LogP contribution in [0.5, 0.6) is 0 Å². The Morgan fingerprint density at radius 2 is 0.759 bits per heavy atom. The zero-order chi connectivity index (χ0) is 20.4. The molecule has 3 rings (SSSR count). The molecule has 0 amide bonds. The second-order valence-electron chi connectivity index (χ2n) is 5.58. The molecule has 11 heteroatoms. The van der Waals surface area contributed by atoms with E-state index in [0.29, 0.717) is 0 Å². The van der Waals surface area contributed by atoms with Gasteiger partial charge in [-0.1, -0.05) is 36.4 Å². The van der Waals surface area contributed by atoms with Gasteiger partial charge in [0.15, 0.2) is 0 Å². The average molecular weight is 479 g/mol. The van der Waals surface area contributed by atoms with E-state index in [2.05, 4.69) is 3.63 Å². The summed E-state index contributed by atoms with van der Waals surface area (Å²) in [5, 5.41) is 0. The summed E-state index contributed by atoms with van der Waals surface area (Å²) < 4.78 is 78.3. The molecule has 0 fully saturated rings. The first-order valence-electron chi connectivity index (χ1n) is 7.79. The summed E-state index contributed by atoms with van der Waals surface area (Å²) in [5.74, 6) is 0. The molecular weight excluding hydrogens is 463 g/mol. The molecule has 29 heavy (non-hydrogen) atoms. The van der Waals surface area contributed by atoms with E-state index in [9.17, 15) is 25.3 Å². The molecule has 0 saturated heterocycles. The predicted octanol–water partition coefficient (Wildman–Crippen LogP) is 1.97. The average Bonchev–Trinajstić information content (AvgIpc) is 2.69. The number of benzene rings is 3. The van der Waals surface area contributed by atoms with Crippen molar-refractivity contribution < 1.29 is 28.9 Å². The molecule has 0 spiro atoms. The van der Waals surface area contributed by atoms with Gasteiger partial charge in [0.25, 0.3) is 0 Å². The Labute approximate surface area is 212 Å². The Morgan fingerprint density at radius 1 is 0.448 bits per heavy atom. The van der Waals surface area contributed by atoms with Crippen LogP contribution in [0.3, 0.4) is 0 Å². The van der Waals surface area contributed by atoms with E-state index in [1.807, 2.05) is 0 Å². The monoisotopic (exact) mass is 478 g/mol. The summed E-state index contributed by atoms with van der Waals surface area (Å²) in [6, 6.07) is 18.5. The fraction of sp³-hybridized carbons (Fsp3) is 0. The Balaban J connectivity index is 0.00000300. The van der Waals surface area contributed by atoms with Crippen LogP contribution in [0.1, 0.15) is 0 Å². The molecule has 0 N–H and O–H groups in total. The molecule has 0 radical (unpaired) electrons. The maximum atomic E-state index is 12.5. The van der Waals surface area contributed by atoms with Crippen molar-refractivity contribution in [2.75, 3.05) is 0 Å². The summed E-state index contributed by atoms with van der Waals surface area (Å²) in [6.45, 7) is 0. The summed E-state index contributed by atoms with van der Waals surface area (Å²) in [7, 11) is -13.1. The number of sulfone groups is 1. The molecule has 0 atom stereocenters. The zero-order valence-electron chi connectivity index (χ0n) is 14.2. The molecule has 0 aliphatic heterocycles. The van der Waals surface area contributed by atoms with Crippen molar-refractivity contribution in [3.63, 3.8) is 0 Å². The Hall–Kier alpha value is -0.894. The molecule has 0 bridgehead atoms. The van der Waals surface area contributed by atoms with E-state index in [1.54, 1.807) is 24.3 Å². The topological polar surface area (TPSA) is 112 Å². The predicted molar refractivity (Wildman–Crippen MR) is 107 cm³/mol. The number of hydrogen-bond acceptors (Lipinski definition) is 7. The van der Waals surface area contributed by atoms with E-state index < -0.39 is 35.0 Å². The van der Waals surface area contributed by atoms with Gasteiger partial charge in [-0.15, -0.1) is 3.63 Å². The molecule has 148 valence electrons. The molecule has 0 aromatic heterocycles. The summed E-state index contributed by atoms with van der Waals surface area (Å²) >= 11 is 0. The van der Waals surface area contributed by atoms with Gasteiger partial charge in [-0.05, 0) is 48.5 Å². The van der Waals surface area contributed by atoms with Crippen molar-refractivity contribution in [1.82, 2.24) is 0 Å². The zero-order valence-corrected chi connectivity index (χ0v) is 16.6. The van der Waals surface area contributed by atoms with E-state index in [0.717, 1.165) is 24.3 Å². The Kier molecular flexibility index (Phi) is 7.98. The van der Waals surface area contributed by atoms with Gasteiger partial charge in [0.2, 0.25) is 9.84 Å². The number of rotatable bonds is 6. The maximum absolute atomic E-state index is 12.5. The van der Waals surface area contributed by atoms with E-state index in [-0.39, 0.29) is 66.1 Å². The van der Waals surface area contributed by atoms with Crippen molar-refractivity contribution in [1.29, 1.82) is 0 Å². The van der Waals surface area contributed by atoms with Gasteiger partial charge in [0.05, 0.1) is 19.6 Å². The number of hydrogen-bond donors (Lipinski definition) is 0. The molecule has 3 aromatic rings. The first-order chi connectivity index (χ1) is 13.1. The van der Waals surface area contributed by atoms with Gasteiger partial charge >= 0.3 is 71.6 Å². The van der Waals surface area contributed by atoms with Crippen molar-refractivity contribution in [3.8, 4) is 0 Å². The second-order valence-corrected chi connectivity index (χ2v) is 10.8. The minimum absolute atomic E-state index is 0. The minimum atomic E-state index is -4.68. The van der Waals surface area contributed by atoms with E-state index in [1.165, 1.54) is 36.4 Å². The van der Waals surface area contributed by atoms with Gasteiger partial charge in [-0.3, -0.25) is 0 Å². The third kappa shape index (κ3) is 5.63. The Bertz CT molecular complexity index is 1290. The second kappa shape index (κ2) is 9.50. The van der Waals surface area contributed by atoms with E-state index in [4.69, 9.17) is 0 Å². The van der Waals surface area contributed by atoms with Gasteiger partial charge in [-0.25, -0.2) is 8.42 Å². The van der Waals surface area contributed by atoms with Gasteiger partial charge in [-0.2, -0.15) is 16.8 Å². The molecule has 0 heterocycles. The molecule has 0 unspecified atom stereocenters. The van der Waals surface area contributed by atoms with Gasteiger partial charge in [0.1, 0.15) is 0 Å². The first kappa shape index (κ1) is 24.4. The van der Waals surface area contributed by atoms with Crippen LogP contribution in [0.4, 0.5) is 0 Å². The summed E-state index contributed by atoms with van der Waals surface area (Å²) in [4.78, 5) is -0.891. The fourth-order valence-corrected chi connectivity index (χ4v) is 6.12. The van der Waals surface area contributed by atoms with Crippen molar-refractivity contribution in [3.05, 3.63) is 84.9 Å². The van der Waals surface area contributed by atoms with Crippen molar-refractivity contribution in [2.24, 2.45) is 0 Å². The molecule has 3 aromatic carbocycles. The van der Waals surface area contributed by atoms with Crippen LogP contribution in [0.15, 0.2) is 105 Å². The normalized spacial score (nSPS) is 12.1. The van der Waals surface area contributed by atoms with Crippen LogP contribution in [0, 0.1) is 0 Å². The van der Waals surface area contributed by atoms with E-state index >= 15 is 0 Å².